The van der Waals surface area contributed by atoms with Crippen molar-refractivity contribution < 1.29 is 0 Å². The highest BCUT2D eigenvalue weighted by Crippen LogP contribution is 2.44. The van der Waals surface area contributed by atoms with E-state index in [1.807, 2.05) is 6.07 Å². The summed E-state index contributed by atoms with van der Waals surface area (Å²) in [5, 5.41) is 5.00. The molecule has 1 aliphatic heterocycles. The molecule has 0 spiro atoms. The van der Waals surface area contributed by atoms with Gasteiger partial charge < -0.3 is 10.3 Å². The van der Waals surface area contributed by atoms with E-state index in [0.29, 0.717) is 0 Å². The average molecular weight is 430 g/mol. The number of allylic oxidation sites excluding steroid dienone is 1. The minimum absolute atomic E-state index is 0.149. The fourth-order valence-electron chi connectivity index (χ4n) is 5.41. The zero-order valence-electron chi connectivity index (χ0n) is 19.3. The molecule has 5 aromatic rings. The number of hydrogen-bond acceptors (Lipinski definition) is 2. The third-order valence-corrected chi connectivity index (χ3v) is 7.08. The van der Waals surface area contributed by atoms with Gasteiger partial charge in [-0.05, 0) is 71.3 Å². The van der Waals surface area contributed by atoms with Gasteiger partial charge in [-0.3, -0.25) is 4.99 Å². The molecule has 2 heterocycles. The maximum absolute atomic E-state index is 6.12. The average Bonchev–Trinajstić information content (AvgIpc) is 3.27. The van der Waals surface area contributed by atoms with Crippen molar-refractivity contribution in [3.8, 4) is 0 Å². The Morgan fingerprint density at radius 3 is 2.42 bits per heavy atom. The molecule has 0 fully saturated rings. The van der Waals surface area contributed by atoms with Crippen LogP contribution in [0.2, 0.25) is 0 Å². The SMILES string of the molecule is CCn1c2ccc(N)cc2c2cc(C=CC3=Nc4ccc5ccccc5c4C3(C)C)ccc21. The van der Waals surface area contributed by atoms with Crippen LogP contribution in [0.25, 0.3) is 38.7 Å². The third kappa shape index (κ3) is 2.92. The molecule has 0 amide bonds. The summed E-state index contributed by atoms with van der Waals surface area (Å²) in [5.74, 6) is 0. The van der Waals surface area contributed by atoms with Crippen LogP contribution in [0.5, 0.6) is 0 Å². The number of rotatable bonds is 3. The molecule has 2 N–H and O–H groups in total. The Bertz CT molecular complexity index is 1630. The molecule has 0 aliphatic carbocycles. The third-order valence-electron chi connectivity index (χ3n) is 7.08. The standard InChI is InChI=1S/C30H27N3/c1-4-33-26-14-9-19(17-23(26)24-18-21(31)12-15-27(24)33)10-16-28-30(2,3)29-22-8-6-5-7-20(22)11-13-25(29)32-28/h5-18H,4,31H2,1-3H3. The van der Waals surface area contributed by atoms with E-state index in [2.05, 4.69) is 104 Å². The summed E-state index contributed by atoms with van der Waals surface area (Å²) in [5.41, 5.74) is 13.9. The van der Waals surface area contributed by atoms with Gasteiger partial charge in [-0.15, -0.1) is 0 Å². The molecule has 3 nitrogen and oxygen atoms in total. The summed E-state index contributed by atoms with van der Waals surface area (Å²) in [7, 11) is 0. The lowest BCUT2D eigenvalue weighted by Crippen LogP contribution is -2.24. The Labute approximate surface area is 193 Å². The smallest absolute Gasteiger partial charge is 0.0681 e. The first-order chi connectivity index (χ1) is 16.0. The zero-order valence-corrected chi connectivity index (χ0v) is 19.3. The van der Waals surface area contributed by atoms with Crippen molar-refractivity contribution in [1.82, 2.24) is 4.57 Å². The molecular weight excluding hydrogens is 402 g/mol. The molecule has 0 bridgehead atoms. The lowest BCUT2D eigenvalue weighted by atomic mass is 9.79. The second kappa shape index (κ2) is 7.08. The molecule has 3 heteroatoms. The van der Waals surface area contributed by atoms with Crippen LogP contribution in [0.4, 0.5) is 11.4 Å². The number of benzene rings is 4. The van der Waals surface area contributed by atoms with E-state index in [1.54, 1.807) is 0 Å². The van der Waals surface area contributed by atoms with E-state index in [-0.39, 0.29) is 5.41 Å². The summed E-state index contributed by atoms with van der Waals surface area (Å²) < 4.78 is 2.35. The molecule has 0 unspecified atom stereocenters. The van der Waals surface area contributed by atoms with Crippen LogP contribution in [0.15, 0.2) is 83.9 Å². The highest BCUT2D eigenvalue weighted by molar-refractivity contribution is 6.14. The highest BCUT2D eigenvalue weighted by atomic mass is 15.0. The summed E-state index contributed by atoms with van der Waals surface area (Å²) in [4.78, 5) is 5.02. The predicted octanol–water partition coefficient (Wildman–Crippen LogP) is 7.63. The summed E-state index contributed by atoms with van der Waals surface area (Å²) in [6.45, 7) is 7.66. The van der Waals surface area contributed by atoms with Crippen molar-refractivity contribution in [2.75, 3.05) is 5.73 Å². The van der Waals surface area contributed by atoms with Gasteiger partial charge in [0.1, 0.15) is 0 Å². The van der Waals surface area contributed by atoms with Crippen LogP contribution in [0.1, 0.15) is 31.9 Å². The van der Waals surface area contributed by atoms with Crippen LogP contribution >= 0.6 is 0 Å². The molecule has 4 aromatic carbocycles. The Kier molecular flexibility index (Phi) is 4.25. The van der Waals surface area contributed by atoms with E-state index in [9.17, 15) is 0 Å². The van der Waals surface area contributed by atoms with E-state index in [1.165, 1.54) is 43.7 Å². The fraction of sp³-hybridized carbons (Fsp3) is 0.167. The van der Waals surface area contributed by atoms with Crippen LogP contribution in [-0.2, 0) is 12.0 Å². The van der Waals surface area contributed by atoms with Crippen LogP contribution in [-0.4, -0.2) is 10.3 Å². The Morgan fingerprint density at radius 1 is 0.848 bits per heavy atom. The van der Waals surface area contributed by atoms with E-state index >= 15 is 0 Å². The van der Waals surface area contributed by atoms with Crippen molar-refractivity contribution in [2.45, 2.75) is 32.7 Å². The van der Waals surface area contributed by atoms with Crippen LogP contribution < -0.4 is 5.73 Å². The van der Waals surface area contributed by atoms with Gasteiger partial charge in [-0.2, -0.15) is 0 Å². The molecule has 0 radical (unpaired) electrons. The Morgan fingerprint density at radius 2 is 1.61 bits per heavy atom. The molecule has 162 valence electrons. The molecular formula is C30H27N3. The number of fused-ring (bicyclic) bond motifs is 6. The predicted molar refractivity (Wildman–Crippen MR) is 143 cm³/mol. The molecule has 33 heavy (non-hydrogen) atoms. The molecule has 0 atom stereocenters. The van der Waals surface area contributed by atoms with E-state index < -0.39 is 0 Å². The summed E-state index contributed by atoms with van der Waals surface area (Å²) in [6.07, 6.45) is 4.37. The van der Waals surface area contributed by atoms with Crippen molar-refractivity contribution in [3.63, 3.8) is 0 Å². The second-order valence-electron chi connectivity index (χ2n) is 9.43. The van der Waals surface area contributed by atoms with E-state index in [0.717, 1.165) is 23.6 Å². The quantitative estimate of drug-likeness (QED) is 0.294. The van der Waals surface area contributed by atoms with Crippen molar-refractivity contribution >= 4 is 55.7 Å². The second-order valence-corrected chi connectivity index (χ2v) is 9.43. The van der Waals surface area contributed by atoms with Gasteiger partial charge in [-0.25, -0.2) is 0 Å². The number of anilines is 1. The van der Waals surface area contributed by atoms with Crippen molar-refractivity contribution in [1.29, 1.82) is 0 Å². The molecule has 0 saturated carbocycles. The highest BCUT2D eigenvalue weighted by Gasteiger charge is 2.34. The van der Waals surface area contributed by atoms with Crippen LogP contribution in [0.3, 0.4) is 0 Å². The van der Waals surface area contributed by atoms with Gasteiger partial charge >= 0.3 is 0 Å². The lowest BCUT2D eigenvalue weighted by molar-refractivity contribution is 0.747. The monoisotopic (exact) mass is 429 g/mol. The topological polar surface area (TPSA) is 43.3 Å². The van der Waals surface area contributed by atoms with Crippen molar-refractivity contribution in [2.24, 2.45) is 4.99 Å². The normalized spacial score (nSPS) is 15.1. The number of nitrogens with zero attached hydrogens (tertiary/aromatic N) is 2. The van der Waals surface area contributed by atoms with Crippen LogP contribution in [0, 0.1) is 0 Å². The number of aliphatic imine (C=N–C) groups is 1. The molecule has 0 saturated heterocycles. The first-order valence-electron chi connectivity index (χ1n) is 11.6. The minimum Gasteiger partial charge on any atom is -0.399 e. The van der Waals surface area contributed by atoms with Gasteiger partial charge in [0.05, 0.1) is 11.4 Å². The zero-order chi connectivity index (χ0) is 22.7. The largest absolute Gasteiger partial charge is 0.399 e. The Hall–Kier alpha value is -3.85. The first kappa shape index (κ1) is 19.8. The fourth-order valence-corrected chi connectivity index (χ4v) is 5.41. The molecule has 6 rings (SSSR count). The number of nitrogens with two attached hydrogens (primary N) is 1. The van der Waals surface area contributed by atoms with Gasteiger partial charge in [0.25, 0.3) is 0 Å². The summed E-state index contributed by atoms with van der Waals surface area (Å²) in [6, 6.07) is 25.8. The maximum atomic E-state index is 6.12. The number of nitrogen functional groups attached to an aromatic ring is 1. The summed E-state index contributed by atoms with van der Waals surface area (Å²) >= 11 is 0. The van der Waals surface area contributed by atoms with E-state index in [4.69, 9.17) is 10.7 Å². The first-order valence-corrected chi connectivity index (χ1v) is 11.6. The number of hydrogen-bond donors (Lipinski definition) is 1. The minimum atomic E-state index is -0.149. The van der Waals surface area contributed by atoms with Gasteiger partial charge in [0.2, 0.25) is 0 Å². The molecule has 1 aliphatic rings. The van der Waals surface area contributed by atoms with Gasteiger partial charge in [-0.1, -0.05) is 56.3 Å². The number of aromatic nitrogens is 1. The maximum Gasteiger partial charge on any atom is 0.0681 e. The molecule has 1 aromatic heterocycles. The van der Waals surface area contributed by atoms with Gasteiger partial charge in [0.15, 0.2) is 0 Å². The number of aryl methyl sites for hydroxylation is 1. The Balaban J connectivity index is 1.43. The van der Waals surface area contributed by atoms with Gasteiger partial charge in [0, 0.05) is 39.5 Å². The lowest BCUT2D eigenvalue weighted by Gasteiger charge is -2.22. The van der Waals surface area contributed by atoms with Crippen molar-refractivity contribution in [3.05, 3.63) is 90.0 Å².